The fraction of sp³-hybridized carbons (Fsp3) is 0.538. The number of thioether (sulfide) groups is 1. The van der Waals surface area contributed by atoms with Crippen molar-refractivity contribution in [1.82, 2.24) is 4.90 Å². The van der Waals surface area contributed by atoms with E-state index in [1.165, 1.54) is 6.07 Å². The average molecular weight is 333 g/mol. The third-order valence-electron chi connectivity index (χ3n) is 3.26. The van der Waals surface area contributed by atoms with Gasteiger partial charge in [0.2, 0.25) is 0 Å². The van der Waals surface area contributed by atoms with Gasteiger partial charge in [0.1, 0.15) is 5.82 Å². The molecule has 18 heavy (non-hydrogen) atoms. The summed E-state index contributed by atoms with van der Waals surface area (Å²) in [6.45, 7) is 4.62. The van der Waals surface area contributed by atoms with Crippen LogP contribution < -0.4 is 5.73 Å². The molecule has 2 atom stereocenters. The van der Waals surface area contributed by atoms with Crippen molar-refractivity contribution in [3.63, 3.8) is 0 Å². The van der Waals surface area contributed by atoms with Gasteiger partial charge in [0, 0.05) is 46.7 Å². The first-order chi connectivity index (χ1) is 8.61. The molecule has 0 amide bonds. The first-order valence-electron chi connectivity index (χ1n) is 6.12. The highest BCUT2D eigenvalue weighted by molar-refractivity contribution is 9.10. The normalized spacial score (nSPS) is 23.0. The molecule has 1 aromatic carbocycles. The molecular formula is C13H18BrFN2S. The summed E-state index contributed by atoms with van der Waals surface area (Å²) in [5, 5.41) is 0.589. The molecule has 0 radical (unpaired) electrons. The summed E-state index contributed by atoms with van der Waals surface area (Å²) < 4.78 is 14.8. The third kappa shape index (κ3) is 3.26. The fourth-order valence-electron chi connectivity index (χ4n) is 2.37. The summed E-state index contributed by atoms with van der Waals surface area (Å²) in [6.07, 6.45) is 0. The van der Waals surface area contributed by atoms with Crippen molar-refractivity contribution in [2.45, 2.75) is 18.2 Å². The molecule has 100 valence electrons. The van der Waals surface area contributed by atoms with E-state index in [0.29, 0.717) is 17.4 Å². The van der Waals surface area contributed by atoms with E-state index < -0.39 is 0 Å². The Bertz CT molecular complexity index is 416. The number of rotatable bonds is 3. The predicted molar refractivity (Wildman–Crippen MR) is 79.4 cm³/mol. The number of halogens is 2. The number of hydrogen-bond donors (Lipinski definition) is 1. The average Bonchev–Trinajstić information content (AvgIpc) is 2.33. The summed E-state index contributed by atoms with van der Waals surface area (Å²) in [5.74, 6) is 0.918. The highest BCUT2D eigenvalue weighted by Crippen LogP contribution is 2.29. The van der Waals surface area contributed by atoms with Gasteiger partial charge in [-0.1, -0.05) is 28.9 Å². The molecule has 0 saturated carbocycles. The molecule has 0 spiro atoms. The van der Waals surface area contributed by atoms with Gasteiger partial charge in [-0.2, -0.15) is 11.8 Å². The van der Waals surface area contributed by atoms with Crippen molar-refractivity contribution in [1.29, 1.82) is 0 Å². The topological polar surface area (TPSA) is 29.3 Å². The van der Waals surface area contributed by atoms with Gasteiger partial charge in [-0.25, -0.2) is 4.39 Å². The van der Waals surface area contributed by atoms with Crippen LogP contribution >= 0.6 is 27.7 Å². The van der Waals surface area contributed by atoms with Crippen molar-refractivity contribution in [2.24, 2.45) is 5.73 Å². The predicted octanol–water partition coefficient (Wildman–Crippen LogP) is 3.03. The van der Waals surface area contributed by atoms with Crippen molar-refractivity contribution in [2.75, 3.05) is 25.4 Å². The first kappa shape index (κ1) is 14.3. The van der Waals surface area contributed by atoms with Crippen molar-refractivity contribution >= 4 is 27.7 Å². The Kier molecular flexibility index (Phi) is 5.06. The van der Waals surface area contributed by atoms with Gasteiger partial charge in [0.25, 0.3) is 0 Å². The summed E-state index contributed by atoms with van der Waals surface area (Å²) in [4.78, 5) is 2.30. The van der Waals surface area contributed by atoms with Gasteiger partial charge in [0.05, 0.1) is 0 Å². The molecule has 1 fully saturated rings. The fourth-order valence-corrected chi connectivity index (χ4v) is 3.75. The first-order valence-corrected chi connectivity index (χ1v) is 7.96. The van der Waals surface area contributed by atoms with Crippen LogP contribution in [-0.4, -0.2) is 35.5 Å². The lowest BCUT2D eigenvalue weighted by Crippen LogP contribution is -2.42. The van der Waals surface area contributed by atoms with Crippen LogP contribution in [0.4, 0.5) is 4.39 Å². The van der Waals surface area contributed by atoms with Crippen LogP contribution in [0.5, 0.6) is 0 Å². The smallest absolute Gasteiger partial charge is 0.129 e. The molecule has 2 nitrogen and oxygen atoms in total. The van der Waals surface area contributed by atoms with Gasteiger partial charge < -0.3 is 5.73 Å². The molecule has 0 aromatic heterocycles. The summed E-state index contributed by atoms with van der Waals surface area (Å²) in [7, 11) is 0. The molecular weight excluding hydrogens is 315 g/mol. The number of nitrogens with zero attached hydrogens (tertiary/aromatic N) is 1. The highest BCUT2D eigenvalue weighted by atomic mass is 79.9. The molecule has 2 unspecified atom stereocenters. The summed E-state index contributed by atoms with van der Waals surface area (Å²) >= 11 is 5.25. The van der Waals surface area contributed by atoms with E-state index in [1.807, 2.05) is 23.9 Å². The van der Waals surface area contributed by atoms with Gasteiger partial charge in [-0.3, -0.25) is 4.90 Å². The Hall–Kier alpha value is -0.100. The minimum atomic E-state index is -0.175. The van der Waals surface area contributed by atoms with Crippen LogP contribution in [0.1, 0.15) is 18.5 Å². The molecule has 0 aliphatic carbocycles. The summed E-state index contributed by atoms with van der Waals surface area (Å²) in [5.41, 5.74) is 6.57. The second kappa shape index (κ2) is 6.37. The van der Waals surface area contributed by atoms with E-state index in [9.17, 15) is 4.39 Å². The van der Waals surface area contributed by atoms with E-state index in [-0.39, 0.29) is 11.9 Å². The molecule has 0 bridgehead atoms. The van der Waals surface area contributed by atoms with Gasteiger partial charge in [-0.05, 0) is 12.1 Å². The van der Waals surface area contributed by atoms with E-state index in [2.05, 4.69) is 27.8 Å². The highest BCUT2D eigenvalue weighted by Gasteiger charge is 2.26. The maximum Gasteiger partial charge on any atom is 0.129 e. The van der Waals surface area contributed by atoms with Crippen LogP contribution in [0, 0.1) is 5.82 Å². The monoisotopic (exact) mass is 332 g/mol. The summed E-state index contributed by atoms with van der Waals surface area (Å²) in [6, 6.07) is 5.22. The van der Waals surface area contributed by atoms with E-state index in [0.717, 1.165) is 23.3 Å². The van der Waals surface area contributed by atoms with Crippen molar-refractivity contribution in [3.8, 4) is 0 Å². The molecule has 1 aliphatic heterocycles. The zero-order chi connectivity index (χ0) is 13.1. The molecule has 1 heterocycles. The SMILES string of the molecule is CC1CN(C(CN)c2ccc(Br)cc2F)CCS1. The van der Waals surface area contributed by atoms with E-state index in [4.69, 9.17) is 5.73 Å². The Morgan fingerprint density at radius 3 is 3.00 bits per heavy atom. The number of hydrogen-bond acceptors (Lipinski definition) is 3. The van der Waals surface area contributed by atoms with Crippen molar-refractivity contribution < 1.29 is 4.39 Å². The third-order valence-corrected chi connectivity index (χ3v) is 4.89. The van der Waals surface area contributed by atoms with Crippen LogP contribution in [-0.2, 0) is 0 Å². The molecule has 2 N–H and O–H groups in total. The van der Waals surface area contributed by atoms with Crippen LogP contribution in [0.15, 0.2) is 22.7 Å². The maximum absolute atomic E-state index is 14.0. The van der Waals surface area contributed by atoms with E-state index in [1.54, 1.807) is 0 Å². The van der Waals surface area contributed by atoms with Gasteiger partial charge >= 0.3 is 0 Å². The Labute approximate surface area is 120 Å². The standard InChI is InChI=1S/C13H18BrFN2S/c1-9-8-17(4-5-18-9)13(7-16)11-3-2-10(14)6-12(11)15/h2-3,6,9,13H,4-5,7-8,16H2,1H3. The Morgan fingerprint density at radius 2 is 2.39 bits per heavy atom. The van der Waals surface area contributed by atoms with Crippen LogP contribution in [0.2, 0.25) is 0 Å². The molecule has 5 heteroatoms. The van der Waals surface area contributed by atoms with E-state index >= 15 is 0 Å². The van der Waals surface area contributed by atoms with Gasteiger partial charge in [-0.15, -0.1) is 0 Å². The molecule has 1 aliphatic rings. The minimum Gasteiger partial charge on any atom is -0.329 e. The second-order valence-electron chi connectivity index (χ2n) is 4.59. The molecule has 1 saturated heterocycles. The maximum atomic E-state index is 14.0. The largest absolute Gasteiger partial charge is 0.329 e. The Balaban J connectivity index is 2.21. The number of benzene rings is 1. The quantitative estimate of drug-likeness (QED) is 0.922. The van der Waals surface area contributed by atoms with Crippen molar-refractivity contribution in [3.05, 3.63) is 34.1 Å². The van der Waals surface area contributed by atoms with Gasteiger partial charge in [0.15, 0.2) is 0 Å². The second-order valence-corrected chi connectivity index (χ2v) is 7.06. The molecule has 1 aromatic rings. The lowest BCUT2D eigenvalue weighted by atomic mass is 10.0. The number of nitrogens with two attached hydrogens (primary N) is 1. The van der Waals surface area contributed by atoms with Crippen LogP contribution in [0.25, 0.3) is 0 Å². The minimum absolute atomic E-state index is 0.0125. The van der Waals surface area contributed by atoms with Crippen LogP contribution in [0.3, 0.4) is 0 Å². The lowest BCUT2D eigenvalue weighted by Gasteiger charge is -2.36. The molecule has 2 rings (SSSR count). The zero-order valence-electron chi connectivity index (χ0n) is 10.4. The lowest BCUT2D eigenvalue weighted by molar-refractivity contribution is 0.207. The zero-order valence-corrected chi connectivity index (χ0v) is 12.8. The Morgan fingerprint density at radius 1 is 1.61 bits per heavy atom.